The van der Waals surface area contributed by atoms with Crippen LogP contribution in [0.4, 0.5) is 0 Å². The molecule has 0 aromatic rings. The number of rotatable bonds is 2. The summed E-state index contributed by atoms with van der Waals surface area (Å²) in [6, 6.07) is 0. The van der Waals surface area contributed by atoms with Crippen LogP contribution in [-0.2, 0) is 9.59 Å². The molecular formula is C5H10N4O2. The quantitative estimate of drug-likeness (QED) is 0.157. The van der Waals surface area contributed by atoms with Gasteiger partial charge in [0.15, 0.2) is 0 Å². The molecule has 1 rings (SSSR count). The summed E-state index contributed by atoms with van der Waals surface area (Å²) < 4.78 is 0. The third kappa shape index (κ3) is 1.06. The lowest BCUT2D eigenvalue weighted by Crippen LogP contribution is -2.47. The molecule has 0 unspecified atom stereocenters. The van der Waals surface area contributed by atoms with Crippen molar-refractivity contribution in [2.45, 2.75) is 12.8 Å². The molecule has 1 saturated carbocycles. The normalized spacial score (nSPS) is 18.7. The van der Waals surface area contributed by atoms with Crippen molar-refractivity contribution in [3.63, 3.8) is 0 Å². The number of hydrogen-bond donors (Lipinski definition) is 4. The Morgan fingerprint density at radius 3 is 1.64 bits per heavy atom. The number of hydrogen-bond acceptors (Lipinski definition) is 4. The lowest BCUT2D eigenvalue weighted by Gasteiger charge is -2.09. The van der Waals surface area contributed by atoms with E-state index in [1.807, 2.05) is 10.9 Å². The van der Waals surface area contributed by atoms with Crippen LogP contribution in [0, 0.1) is 5.41 Å². The van der Waals surface area contributed by atoms with Crippen molar-refractivity contribution < 1.29 is 9.59 Å². The first-order chi connectivity index (χ1) is 5.17. The number of hydrazine groups is 2. The molecule has 0 saturated heterocycles. The van der Waals surface area contributed by atoms with Gasteiger partial charge >= 0.3 is 0 Å². The van der Waals surface area contributed by atoms with Gasteiger partial charge in [-0.1, -0.05) is 0 Å². The van der Waals surface area contributed by atoms with Crippen LogP contribution in [0.5, 0.6) is 0 Å². The minimum Gasteiger partial charge on any atom is -0.293 e. The lowest BCUT2D eigenvalue weighted by atomic mass is 10.1. The summed E-state index contributed by atoms with van der Waals surface area (Å²) >= 11 is 0. The first kappa shape index (κ1) is 7.96. The minimum absolute atomic E-state index is 0.472. The van der Waals surface area contributed by atoms with E-state index in [4.69, 9.17) is 11.7 Å². The van der Waals surface area contributed by atoms with Crippen molar-refractivity contribution in [1.29, 1.82) is 0 Å². The highest BCUT2D eigenvalue weighted by Crippen LogP contribution is 2.45. The molecule has 2 amide bonds. The lowest BCUT2D eigenvalue weighted by molar-refractivity contribution is -0.137. The summed E-state index contributed by atoms with van der Waals surface area (Å²) in [5.74, 6) is 8.80. The van der Waals surface area contributed by atoms with Crippen LogP contribution in [0.1, 0.15) is 12.8 Å². The molecule has 11 heavy (non-hydrogen) atoms. The van der Waals surface area contributed by atoms with Crippen LogP contribution in [0.15, 0.2) is 0 Å². The SMILES string of the molecule is NNC(=O)C1(C(=O)NN)CC1. The summed E-state index contributed by atoms with van der Waals surface area (Å²) in [4.78, 5) is 21.9. The van der Waals surface area contributed by atoms with E-state index in [2.05, 4.69) is 0 Å². The molecule has 0 radical (unpaired) electrons. The fourth-order valence-electron chi connectivity index (χ4n) is 0.959. The van der Waals surface area contributed by atoms with Crippen LogP contribution in [0.25, 0.3) is 0 Å². The molecule has 6 nitrogen and oxygen atoms in total. The van der Waals surface area contributed by atoms with Gasteiger partial charge in [0.1, 0.15) is 5.41 Å². The average Bonchev–Trinajstić information content (AvgIpc) is 2.82. The van der Waals surface area contributed by atoms with Gasteiger partial charge in [-0.2, -0.15) is 0 Å². The van der Waals surface area contributed by atoms with E-state index < -0.39 is 17.2 Å². The first-order valence-corrected chi connectivity index (χ1v) is 3.19. The molecule has 0 aromatic carbocycles. The third-order valence-electron chi connectivity index (χ3n) is 1.88. The highest BCUT2D eigenvalue weighted by molar-refractivity contribution is 6.07. The number of carbonyl (C=O) groups excluding carboxylic acids is 2. The Bertz CT molecular complexity index is 181. The zero-order chi connectivity index (χ0) is 8.48. The van der Waals surface area contributed by atoms with Crippen LogP contribution < -0.4 is 22.5 Å². The molecule has 6 N–H and O–H groups in total. The van der Waals surface area contributed by atoms with Gasteiger partial charge in [0.2, 0.25) is 11.8 Å². The van der Waals surface area contributed by atoms with Gasteiger partial charge in [-0.15, -0.1) is 0 Å². The molecule has 0 heterocycles. The molecule has 6 heteroatoms. The summed E-state index contributed by atoms with van der Waals surface area (Å²) in [6.45, 7) is 0. The topological polar surface area (TPSA) is 110 Å². The second kappa shape index (κ2) is 2.48. The van der Waals surface area contributed by atoms with E-state index in [1.165, 1.54) is 0 Å². The molecule has 1 aliphatic carbocycles. The monoisotopic (exact) mass is 158 g/mol. The second-order valence-electron chi connectivity index (χ2n) is 2.53. The molecule has 1 aliphatic rings. The Kier molecular flexibility index (Phi) is 1.79. The van der Waals surface area contributed by atoms with Gasteiger partial charge in [0.05, 0.1) is 0 Å². The Balaban J connectivity index is 2.67. The van der Waals surface area contributed by atoms with Crippen LogP contribution in [0.2, 0.25) is 0 Å². The smallest absolute Gasteiger partial charge is 0.249 e. The fourth-order valence-corrected chi connectivity index (χ4v) is 0.959. The van der Waals surface area contributed by atoms with Gasteiger partial charge < -0.3 is 0 Å². The van der Waals surface area contributed by atoms with E-state index in [0.717, 1.165) is 0 Å². The van der Waals surface area contributed by atoms with Crippen molar-refractivity contribution >= 4 is 11.8 Å². The number of carbonyl (C=O) groups is 2. The molecular weight excluding hydrogens is 148 g/mol. The maximum Gasteiger partial charge on any atom is 0.249 e. The summed E-state index contributed by atoms with van der Waals surface area (Å²) in [5.41, 5.74) is 2.87. The van der Waals surface area contributed by atoms with E-state index in [0.29, 0.717) is 12.8 Å². The molecule has 0 bridgehead atoms. The third-order valence-corrected chi connectivity index (χ3v) is 1.88. The van der Waals surface area contributed by atoms with Gasteiger partial charge in [-0.25, -0.2) is 11.7 Å². The van der Waals surface area contributed by atoms with Crippen LogP contribution in [0.3, 0.4) is 0 Å². The van der Waals surface area contributed by atoms with Crippen molar-refractivity contribution in [3.8, 4) is 0 Å². The molecule has 62 valence electrons. The molecule has 0 atom stereocenters. The Labute approximate surface area is 63.2 Å². The van der Waals surface area contributed by atoms with E-state index in [1.54, 1.807) is 0 Å². The number of nitrogens with one attached hydrogen (secondary N) is 2. The Hall–Kier alpha value is -1.14. The predicted octanol–water partition coefficient (Wildman–Crippen LogP) is -2.25. The van der Waals surface area contributed by atoms with E-state index in [9.17, 15) is 9.59 Å². The zero-order valence-electron chi connectivity index (χ0n) is 5.89. The molecule has 0 aromatic heterocycles. The first-order valence-electron chi connectivity index (χ1n) is 3.19. The number of amides is 2. The standard InChI is InChI=1S/C5H10N4O2/c6-8-3(10)5(1-2-5)4(11)9-7/h1-2,6-7H2,(H,8,10)(H,9,11). The van der Waals surface area contributed by atoms with Gasteiger partial charge in [-0.3, -0.25) is 20.4 Å². The van der Waals surface area contributed by atoms with Gasteiger partial charge in [0, 0.05) is 0 Å². The highest BCUT2D eigenvalue weighted by Gasteiger charge is 2.56. The number of nitrogens with two attached hydrogens (primary N) is 2. The van der Waals surface area contributed by atoms with Crippen molar-refractivity contribution in [1.82, 2.24) is 10.9 Å². The Morgan fingerprint density at radius 1 is 1.09 bits per heavy atom. The minimum atomic E-state index is -0.983. The average molecular weight is 158 g/mol. The predicted molar refractivity (Wildman–Crippen MR) is 36.3 cm³/mol. The van der Waals surface area contributed by atoms with Crippen molar-refractivity contribution in [3.05, 3.63) is 0 Å². The largest absolute Gasteiger partial charge is 0.293 e. The van der Waals surface area contributed by atoms with Crippen LogP contribution in [-0.4, -0.2) is 11.8 Å². The summed E-state index contributed by atoms with van der Waals surface area (Å²) in [5, 5.41) is 0. The Morgan fingerprint density at radius 2 is 1.45 bits per heavy atom. The van der Waals surface area contributed by atoms with E-state index >= 15 is 0 Å². The molecule has 1 fully saturated rings. The van der Waals surface area contributed by atoms with Crippen LogP contribution >= 0.6 is 0 Å². The highest BCUT2D eigenvalue weighted by atomic mass is 16.2. The van der Waals surface area contributed by atoms with Crippen molar-refractivity contribution in [2.75, 3.05) is 0 Å². The van der Waals surface area contributed by atoms with E-state index in [-0.39, 0.29) is 0 Å². The maximum absolute atomic E-state index is 10.9. The molecule has 0 spiro atoms. The molecule has 0 aliphatic heterocycles. The maximum atomic E-state index is 10.9. The van der Waals surface area contributed by atoms with Gasteiger partial charge in [-0.05, 0) is 12.8 Å². The second-order valence-corrected chi connectivity index (χ2v) is 2.53. The van der Waals surface area contributed by atoms with Gasteiger partial charge in [0.25, 0.3) is 0 Å². The zero-order valence-corrected chi connectivity index (χ0v) is 5.89. The summed E-state index contributed by atoms with van der Waals surface area (Å²) in [6.07, 6.45) is 1.03. The fraction of sp³-hybridized carbons (Fsp3) is 0.600. The summed E-state index contributed by atoms with van der Waals surface area (Å²) in [7, 11) is 0. The van der Waals surface area contributed by atoms with Crippen molar-refractivity contribution in [2.24, 2.45) is 17.1 Å².